The predicted octanol–water partition coefficient (Wildman–Crippen LogP) is 2.11. The summed E-state index contributed by atoms with van der Waals surface area (Å²) in [7, 11) is 4.76. The molecule has 1 aliphatic carbocycles. The van der Waals surface area contributed by atoms with Crippen LogP contribution in [0, 0.1) is 9.54 Å². The van der Waals surface area contributed by atoms with E-state index in [0.717, 1.165) is 22.9 Å². The molecule has 0 amide bonds. The molecule has 144 valence electrons. The standard InChI is InChI=1S/C13H12N8OS4.ClH.2Zn/c1-6-2-7(4-14-20-10(23)16-17-11(20)24)9(22)8(3-6)5-15-21-12(25)18-19-13(21)26;;;/h2-5,14H,1H3,(H,16,23)(H,17,24)(H,18,25)(H,19,26);1H;;/q;;;+2/p-3/b7-4-,15-5-;;;. The first kappa shape index (κ1) is 26.1. The number of rotatable bonds is 4. The van der Waals surface area contributed by atoms with Gasteiger partial charge in [-0.3, -0.25) is 20.4 Å². The number of aromatic nitrogens is 6. The molecule has 0 aliphatic heterocycles. The van der Waals surface area contributed by atoms with E-state index in [4.69, 9.17) is 59.4 Å². The molecule has 2 aromatic rings. The monoisotopic (exact) mass is 585 g/mol. The molecule has 0 radical (unpaired) electrons. The largest absolute Gasteiger partial charge is 0 e. The normalized spacial score (nSPS) is 14.8. The summed E-state index contributed by atoms with van der Waals surface area (Å²) in [5, 5.41) is 17.2. The molecule has 2 heterocycles. The number of hydrogen-bond donors (Lipinski definition) is 3. The van der Waals surface area contributed by atoms with Crippen molar-refractivity contribution in [2.75, 3.05) is 5.43 Å². The first-order chi connectivity index (χ1) is 13.4. The minimum atomic E-state index is -0.242. The van der Waals surface area contributed by atoms with Crippen molar-refractivity contribution in [2.24, 2.45) is 5.10 Å². The maximum Gasteiger partial charge on any atom is 0 e. The molecule has 16 heteroatoms. The molecule has 0 fully saturated rings. The predicted molar refractivity (Wildman–Crippen MR) is 110 cm³/mol. The minimum absolute atomic E-state index is 0. The molecular weight excluding hydrogens is 579 g/mol. The van der Waals surface area contributed by atoms with E-state index < -0.39 is 0 Å². The van der Waals surface area contributed by atoms with Crippen LogP contribution in [0.1, 0.15) is 6.92 Å². The number of carbonyl (C=O) groups excluding carboxylic acids is 1. The van der Waals surface area contributed by atoms with Gasteiger partial charge >= 0.3 is 27.0 Å². The first-order valence-corrected chi connectivity index (χ1v) is 12.8. The van der Waals surface area contributed by atoms with Gasteiger partial charge in [0, 0.05) is 47.1 Å². The van der Waals surface area contributed by atoms with Crippen LogP contribution in [0.25, 0.3) is 0 Å². The summed E-state index contributed by atoms with van der Waals surface area (Å²) in [6.07, 6.45) is 6.31. The number of nitrogens with zero attached hydrogens (tertiary/aromatic N) is 5. The van der Waals surface area contributed by atoms with Crippen molar-refractivity contribution in [1.29, 1.82) is 0 Å². The van der Waals surface area contributed by atoms with Crippen molar-refractivity contribution >= 4 is 71.4 Å². The molecule has 9 nitrogen and oxygen atoms in total. The number of H-pyrrole nitrogens is 2. The van der Waals surface area contributed by atoms with E-state index in [2.05, 4.69) is 30.9 Å². The molecule has 29 heavy (non-hydrogen) atoms. The van der Waals surface area contributed by atoms with E-state index in [1.807, 2.05) is 6.92 Å². The Hall–Kier alpha value is -0.943. The molecule has 3 N–H and O–H groups in total. The van der Waals surface area contributed by atoms with Gasteiger partial charge in [-0.15, -0.1) is 0 Å². The third kappa shape index (κ3) is 6.52. The van der Waals surface area contributed by atoms with Gasteiger partial charge in [-0.25, -0.2) is 9.35 Å². The summed E-state index contributed by atoms with van der Waals surface area (Å²) < 4.78 is 3.16. The Morgan fingerprint density at radius 2 is 1.83 bits per heavy atom. The minimum Gasteiger partial charge on any atom is 0 e. The Labute approximate surface area is 213 Å². The quantitative estimate of drug-likeness (QED) is 0.164. The van der Waals surface area contributed by atoms with Crippen molar-refractivity contribution in [3.8, 4) is 0 Å². The third-order valence-electron chi connectivity index (χ3n) is 3.21. The van der Waals surface area contributed by atoms with Gasteiger partial charge in [-0.1, -0.05) is 0 Å². The number of halogens is 1. The number of Topliss-reactive ketones (excluding diaryl/α,β-unsaturated/α-hetero) is 1. The van der Waals surface area contributed by atoms with Gasteiger partial charge in [0.15, 0.2) is 5.78 Å². The average Bonchev–Trinajstić information content (AvgIpc) is 3.17. The molecule has 0 atom stereocenters. The molecule has 0 unspecified atom stereocenters. The Morgan fingerprint density at radius 3 is 2.38 bits per heavy atom. The zero-order valence-electron chi connectivity index (χ0n) is 14.9. The summed E-state index contributed by atoms with van der Waals surface area (Å²) in [4.78, 5) is 12.6. The number of nitrogens with one attached hydrogen (secondary N) is 3. The van der Waals surface area contributed by atoms with Crippen molar-refractivity contribution in [1.82, 2.24) is 29.7 Å². The third-order valence-corrected chi connectivity index (χ3v) is 4.29. The summed E-state index contributed by atoms with van der Waals surface area (Å²) in [5.74, 6) is -0.242. The number of aromatic amines is 2. The van der Waals surface area contributed by atoms with E-state index in [1.54, 1.807) is 12.2 Å². The topological polar surface area (TPSA) is 109 Å². The smallest absolute Gasteiger partial charge is 0 e. The van der Waals surface area contributed by atoms with E-state index in [0.29, 0.717) is 15.9 Å². The zero-order valence-corrected chi connectivity index (χ0v) is 24.8. The van der Waals surface area contributed by atoms with E-state index in [-0.39, 0.29) is 40.3 Å². The average molecular weight is 589 g/mol. The molecule has 3 rings (SSSR count). The van der Waals surface area contributed by atoms with E-state index >= 15 is 0 Å². The summed E-state index contributed by atoms with van der Waals surface area (Å²) >= 11 is 20.9. The van der Waals surface area contributed by atoms with Gasteiger partial charge in [0.25, 0.3) is 0 Å². The van der Waals surface area contributed by atoms with Gasteiger partial charge in [-0.2, -0.15) is 15.3 Å². The SMILES string of the molecule is CC1=C/C(=C/Nn2c([S-])n[nH]c2=S)C(=O)C(/C=N\n2c([S-])n[nH]c2=S)=C1.[Cl][Zn+].[Zn]. The van der Waals surface area contributed by atoms with Gasteiger partial charge in [0.05, 0.1) is 6.21 Å². The van der Waals surface area contributed by atoms with Crippen LogP contribution in [-0.4, -0.2) is 41.7 Å². The molecular formula is C13H10ClN8OS4Zn2-. The Balaban J connectivity index is 0.00000136. The fraction of sp³-hybridized carbons (Fsp3) is 0.0769. The first-order valence-electron chi connectivity index (χ1n) is 7.28. The summed E-state index contributed by atoms with van der Waals surface area (Å²) in [6.45, 7) is 1.86. The Kier molecular flexibility index (Phi) is 10.8. The van der Waals surface area contributed by atoms with Crippen LogP contribution in [0.15, 0.2) is 50.5 Å². The molecule has 0 saturated carbocycles. The van der Waals surface area contributed by atoms with Crippen LogP contribution in [0.2, 0.25) is 0 Å². The van der Waals surface area contributed by atoms with Crippen molar-refractivity contribution in [2.45, 2.75) is 17.2 Å². The van der Waals surface area contributed by atoms with Crippen LogP contribution in [0.3, 0.4) is 0 Å². The van der Waals surface area contributed by atoms with Crippen LogP contribution in [0.4, 0.5) is 0 Å². The molecule has 0 bridgehead atoms. The fourth-order valence-electron chi connectivity index (χ4n) is 2.06. The van der Waals surface area contributed by atoms with Crippen molar-refractivity contribution < 1.29 is 41.6 Å². The van der Waals surface area contributed by atoms with Gasteiger partial charge in [0.2, 0.25) is 9.54 Å². The maximum absolute atomic E-state index is 12.6. The molecule has 0 saturated heterocycles. The van der Waals surface area contributed by atoms with Crippen LogP contribution in [0.5, 0.6) is 0 Å². The Morgan fingerprint density at radius 1 is 1.21 bits per heavy atom. The number of carbonyl (C=O) groups is 1. The summed E-state index contributed by atoms with van der Waals surface area (Å²) in [5.41, 5.74) is 4.48. The van der Waals surface area contributed by atoms with Crippen molar-refractivity contribution in [3.05, 3.63) is 44.6 Å². The summed E-state index contributed by atoms with van der Waals surface area (Å²) in [6, 6.07) is 0. The van der Waals surface area contributed by atoms with Gasteiger partial charge in [-0.05, 0) is 49.1 Å². The second-order valence-corrected chi connectivity index (χ2v) is 6.56. The molecule has 0 spiro atoms. The second-order valence-electron chi connectivity index (χ2n) is 5.06. The zero-order chi connectivity index (χ0) is 20.8. The van der Waals surface area contributed by atoms with Crippen LogP contribution < -0.4 is 5.43 Å². The van der Waals surface area contributed by atoms with Crippen molar-refractivity contribution in [3.63, 3.8) is 0 Å². The molecule has 2 aromatic heterocycles. The van der Waals surface area contributed by atoms with E-state index in [1.165, 1.54) is 21.8 Å². The molecule has 0 aromatic carbocycles. The van der Waals surface area contributed by atoms with Crippen LogP contribution >= 0.6 is 34.1 Å². The van der Waals surface area contributed by atoms with Gasteiger partial charge in [0.1, 0.15) is 0 Å². The van der Waals surface area contributed by atoms with Crippen LogP contribution in [-0.2, 0) is 66.8 Å². The van der Waals surface area contributed by atoms with E-state index in [9.17, 15) is 4.79 Å². The maximum atomic E-state index is 12.6. The Bertz CT molecular complexity index is 1130. The fourth-order valence-corrected chi connectivity index (χ4v) is 2.92. The second kappa shape index (κ2) is 12.0. The molecule has 1 aliphatic rings. The number of allylic oxidation sites excluding steroid dienone is 5. The number of ketones is 1. The van der Waals surface area contributed by atoms with Gasteiger partial charge < -0.3 is 25.3 Å². The number of hydrogen-bond acceptors (Lipinski definition) is 9.